The number of aliphatic hydroxyl groups excluding tert-OH is 1. The van der Waals surface area contributed by atoms with Gasteiger partial charge in [0.25, 0.3) is 0 Å². The summed E-state index contributed by atoms with van der Waals surface area (Å²) in [5.74, 6) is 0. The molecule has 44 heavy (non-hydrogen) atoms. The van der Waals surface area contributed by atoms with Gasteiger partial charge in [0.05, 0.1) is 106 Å². The predicted octanol–water partition coefficient (Wildman–Crippen LogP) is 4.00. The van der Waals surface area contributed by atoms with Gasteiger partial charge in [0.2, 0.25) is 0 Å². The fourth-order valence-electron chi connectivity index (χ4n) is 4.25. The Balaban J connectivity index is 3.63. The minimum Gasteiger partial charge on any atom is -0.437 e. The Morgan fingerprint density at radius 3 is 0.955 bits per heavy atom. The highest BCUT2D eigenvalue weighted by molar-refractivity contribution is 6.89. The van der Waals surface area contributed by atoms with Gasteiger partial charge in [0.15, 0.2) is 16.6 Å². The van der Waals surface area contributed by atoms with Crippen molar-refractivity contribution in [3.8, 4) is 0 Å². The van der Waals surface area contributed by atoms with E-state index in [0.717, 1.165) is 12.5 Å². The molecule has 0 aliphatic rings. The molecule has 0 fully saturated rings. The van der Waals surface area contributed by atoms with Gasteiger partial charge < -0.3 is 55.3 Å². The Bertz CT molecular complexity index is 653. The summed E-state index contributed by atoms with van der Waals surface area (Å²) in [5, 5.41) is 8.59. The molecule has 0 heterocycles. The van der Waals surface area contributed by atoms with Gasteiger partial charge in [0, 0.05) is 6.61 Å². The van der Waals surface area contributed by atoms with Crippen LogP contribution in [0.1, 0.15) is 6.42 Å². The van der Waals surface area contributed by atoms with Crippen molar-refractivity contribution >= 4 is 33.8 Å². The van der Waals surface area contributed by atoms with Crippen molar-refractivity contribution in [2.45, 2.75) is 71.4 Å². The first-order valence-corrected chi connectivity index (χ1v) is 28.2. The molecule has 0 amide bonds. The van der Waals surface area contributed by atoms with E-state index in [4.69, 9.17) is 55.3 Å². The van der Waals surface area contributed by atoms with Crippen molar-refractivity contribution in [2.24, 2.45) is 0 Å². The molecule has 0 saturated carbocycles. The first-order valence-electron chi connectivity index (χ1n) is 16.0. The van der Waals surface area contributed by atoms with Crippen LogP contribution < -0.4 is 0 Å². The predicted molar refractivity (Wildman–Crippen MR) is 182 cm³/mol. The quantitative estimate of drug-likeness (QED) is 0.0785. The summed E-state index contributed by atoms with van der Waals surface area (Å²) in [6, 6.07) is 0.890. The summed E-state index contributed by atoms with van der Waals surface area (Å²) in [7, 11) is -8.11. The highest BCUT2D eigenvalue weighted by Gasteiger charge is 2.44. The van der Waals surface area contributed by atoms with Crippen LogP contribution in [0, 0.1) is 0 Å². The standard InChI is InChI=1S/C28H66O12Si4/c1-41(2,3)38-43(7,8)40-44(9,39-42(4,5)6)28-10-12-30-14-16-32-18-20-34-22-24-36-26-27-37-25-23-35-21-19-33-17-15-31-13-11-29/h29H,10-28H2,1-9H3. The molecule has 1 atom stereocenters. The van der Waals surface area contributed by atoms with Crippen molar-refractivity contribution in [2.75, 3.05) is 112 Å². The lowest BCUT2D eigenvalue weighted by Gasteiger charge is -2.41. The van der Waals surface area contributed by atoms with Crippen LogP contribution in [0.3, 0.4) is 0 Å². The van der Waals surface area contributed by atoms with Crippen LogP contribution in [-0.4, -0.2) is 151 Å². The van der Waals surface area contributed by atoms with Gasteiger partial charge in [0.1, 0.15) is 0 Å². The van der Waals surface area contributed by atoms with Crippen molar-refractivity contribution in [3.05, 3.63) is 0 Å². The van der Waals surface area contributed by atoms with E-state index in [0.29, 0.717) is 106 Å². The van der Waals surface area contributed by atoms with E-state index in [1.807, 2.05) is 0 Å². The number of hydrogen-bond acceptors (Lipinski definition) is 12. The van der Waals surface area contributed by atoms with E-state index in [2.05, 4.69) is 58.9 Å². The van der Waals surface area contributed by atoms with E-state index in [1.165, 1.54) is 0 Å². The van der Waals surface area contributed by atoms with Crippen LogP contribution in [0.5, 0.6) is 0 Å². The van der Waals surface area contributed by atoms with Gasteiger partial charge in [-0.15, -0.1) is 0 Å². The van der Waals surface area contributed by atoms with Crippen LogP contribution >= 0.6 is 0 Å². The van der Waals surface area contributed by atoms with Crippen molar-refractivity contribution in [3.63, 3.8) is 0 Å². The second-order valence-electron chi connectivity index (χ2n) is 12.8. The summed E-state index contributed by atoms with van der Waals surface area (Å²) < 4.78 is 63.5. The van der Waals surface area contributed by atoms with Crippen LogP contribution in [0.15, 0.2) is 0 Å². The number of ether oxygens (including phenoxy) is 8. The van der Waals surface area contributed by atoms with Crippen LogP contribution in [-0.2, 0) is 50.2 Å². The molecule has 0 radical (unpaired) electrons. The molecule has 0 aromatic heterocycles. The summed E-state index contributed by atoms with van der Waals surface area (Å²) in [6.07, 6.45) is 0.895. The SMILES string of the molecule is C[Si](C)(C)O[Si](C)(C)O[Si](C)(CCCOCCOCCOCCOCCOCCOCCOCCOCCO)O[Si](C)(C)C. The zero-order chi connectivity index (χ0) is 33.2. The molecule has 1 N–H and O–H groups in total. The summed E-state index contributed by atoms with van der Waals surface area (Å²) in [6.45, 7) is 28.0. The van der Waals surface area contributed by atoms with Gasteiger partial charge in [-0.3, -0.25) is 0 Å². The number of aliphatic hydroxyl groups is 1. The van der Waals surface area contributed by atoms with E-state index in [9.17, 15) is 0 Å². The van der Waals surface area contributed by atoms with Crippen molar-refractivity contribution in [1.29, 1.82) is 0 Å². The molecular weight excluding hydrogens is 641 g/mol. The molecule has 0 aliphatic heterocycles. The Labute approximate surface area is 272 Å². The fourth-order valence-corrected chi connectivity index (χ4v) is 22.2. The maximum Gasteiger partial charge on any atom is 0.315 e. The normalized spacial score (nSPS) is 14.3. The average Bonchev–Trinajstić information content (AvgIpc) is 2.87. The molecule has 0 rings (SSSR count). The summed E-state index contributed by atoms with van der Waals surface area (Å²) in [5.41, 5.74) is 0. The Hall–Kier alpha value is 0.388. The molecule has 266 valence electrons. The molecule has 0 bridgehead atoms. The molecule has 0 aromatic carbocycles. The maximum absolute atomic E-state index is 8.59. The van der Waals surface area contributed by atoms with Crippen LogP contribution in [0.2, 0.25) is 65.0 Å². The smallest absolute Gasteiger partial charge is 0.315 e. The second kappa shape index (κ2) is 26.4. The highest BCUT2D eigenvalue weighted by atomic mass is 28.5. The first-order chi connectivity index (χ1) is 20.7. The third-order valence-electron chi connectivity index (χ3n) is 5.30. The molecule has 16 heteroatoms. The van der Waals surface area contributed by atoms with Crippen LogP contribution in [0.25, 0.3) is 0 Å². The summed E-state index contributed by atoms with van der Waals surface area (Å²) in [4.78, 5) is 0. The number of rotatable bonds is 33. The fraction of sp³-hybridized carbons (Fsp3) is 1.00. The molecule has 1 unspecified atom stereocenters. The largest absolute Gasteiger partial charge is 0.437 e. The molecule has 0 aliphatic carbocycles. The van der Waals surface area contributed by atoms with E-state index < -0.39 is 33.8 Å². The zero-order valence-electron chi connectivity index (χ0n) is 29.4. The molecular formula is C28H66O12Si4. The molecule has 0 saturated heterocycles. The van der Waals surface area contributed by atoms with E-state index in [1.54, 1.807) is 0 Å². The maximum atomic E-state index is 8.59. The Kier molecular flexibility index (Phi) is 26.6. The lowest BCUT2D eigenvalue weighted by atomic mass is 10.5. The lowest BCUT2D eigenvalue weighted by molar-refractivity contribution is -0.0238. The third kappa shape index (κ3) is 32.3. The molecule has 12 nitrogen and oxygen atoms in total. The topological polar surface area (TPSA) is 122 Å². The summed E-state index contributed by atoms with van der Waals surface area (Å²) >= 11 is 0. The highest BCUT2D eigenvalue weighted by Crippen LogP contribution is 2.27. The minimum absolute atomic E-state index is 0.0278. The van der Waals surface area contributed by atoms with Crippen molar-refractivity contribution < 1.29 is 55.3 Å². The average molecular weight is 707 g/mol. The van der Waals surface area contributed by atoms with Gasteiger partial charge in [-0.25, -0.2) is 0 Å². The minimum atomic E-state index is -2.38. The van der Waals surface area contributed by atoms with E-state index >= 15 is 0 Å². The van der Waals surface area contributed by atoms with Gasteiger partial charge in [-0.1, -0.05) is 0 Å². The second-order valence-corrected chi connectivity index (χ2v) is 29.3. The molecule has 0 aromatic rings. The van der Waals surface area contributed by atoms with E-state index in [-0.39, 0.29) is 6.61 Å². The Morgan fingerprint density at radius 2 is 0.659 bits per heavy atom. The Morgan fingerprint density at radius 1 is 0.364 bits per heavy atom. The van der Waals surface area contributed by atoms with Crippen LogP contribution in [0.4, 0.5) is 0 Å². The van der Waals surface area contributed by atoms with Gasteiger partial charge in [-0.2, -0.15) is 0 Å². The third-order valence-corrected chi connectivity index (χ3v) is 18.8. The van der Waals surface area contributed by atoms with Crippen molar-refractivity contribution in [1.82, 2.24) is 0 Å². The molecule has 0 spiro atoms. The zero-order valence-corrected chi connectivity index (χ0v) is 33.4. The monoisotopic (exact) mass is 706 g/mol. The first kappa shape index (κ1) is 44.4. The number of hydrogen-bond donors (Lipinski definition) is 1. The van der Waals surface area contributed by atoms with Gasteiger partial charge >= 0.3 is 17.1 Å². The lowest BCUT2D eigenvalue weighted by Crippen LogP contribution is -2.56. The van der Waals surface area contributed by atoms with Gasteiger partial charge in [-0.05, 0) is 71.4 Å².